The number of anilines is 1. The summed E-state index contributed by atoms with van der Waals surface area (Å²) in [6, 6.07) is 9.74. The Bertz CT molecular complexity index is 2250. The Labute approximate surface area is 291 Å². The van der Waals surface area contributed by atoms with Crippen LogP contribution in [0.4, 0.5) is 10.2 Å². The number of aryl methyl sites for hydroxylation is 1. The fourth-order valence-electron chi connectivity index (χ4n) is 6.60. The van der Waals surface area contributed by atoms with E-state index in [1.54, 1.807) is 49.0 Å². The Hall–Kier alpha value is -4.88. The number of hydrogen-bond acceptors (Lipinski definition) is 9. The lowest BCUT2D eigenvalue weighted by Gasteiger charge is -2.38. The number of aromatic carboxylic acids is 1. The summed E-state index contributed by atoms with van der Waals surface area (Å²) in [5.74, 6) is 6.08. The predicted octanol–water partition coefficient (Wildman–Crippen LogP) is 6.30. The van der Waals surface area contributed by atoms with Gasteiger partial charge >= 0.3 is 5.97 Å². The third-order valence-corrected chi connectivity index (χ3v) is 10.5. The zero-order valence-corrected chi connectivity index (χ0v) is 28.8. The molecule has 5 aromatic rings. The number of thiophene rings is 1. The van der Waals surface area contributed by atoms with Crippen molar-refractivity contribution in [3.05, 3.63) is 79.9 Å². The number of nitriles is 1. The van der Waals surface area contributed by atoms with Gasteiger partial charge in [-0.3, -0.25) is 14.3 Å². The lowest BCUT2D eigenvalue weighted by atomic mass is 9.89. The number of nitrogens with zero attached hydrogens (tertiary/aromatic N) is 7. The van der Waals surface area contributed by atoms with Crippen LogP contribution >= 0.6 is 22.9 Å². The van der Waals surface area contributed by atoms with E-state index in [4.69, 9.17) is 11.6 Å². The van der Waals surface area contributed by atoms with E-state index in [9.17, 15) is 24.3 Å². The zero-order valence-electron chi connectivity index (χ0n) is 27.2. The first-order chi connectivity index (χ1) is 23.6. The van der Waals surface area contributed by atoms with Gasteiger partial charge in [-0.05, 0) is 63.9 Å². The number of carbonyl (C=O) groups is 1. The van der Waals surface area contributed by atoms with Gasteiger partial charge in [0.05, 0.1) is 39.4 Å². The van der Waals surface area contributed by atoms with Crippen molar-refractivity contribution < 1.29 is 14.3 Å². The SMILES string of the molecule is Cc1nc2cnc(N(C)C3CCC(N(C)CCF)CC3)c(C#N)c2c(=O)n1CC#Cc1ccc(Cl)cc1-c1ccnc2c(C(=O)O)csc12. The summed E-state index contributed by atoms with van der Waals surface area (Å²) in [5.41, 5.74) is 2.75. The molecule has 0 atom stereocenters. The van der Waals surface area contributed by atoms with Crippen LogP contribution in [-0.4, -0.2) is 74.9 Å². The highest BCUT2D eigenvalue weighted by atomic mass is 35.5. The van der Waals surface area contributed by atoms with Gasteiger partial charge in [0.2, 0.25) is 0 Å². The van der Waals surface area contributed by atoms with Crippen LogP contribution in [0.25, 0.3) is 32.2 Å². The van der Waals surface area contributed by atoms with Crippen molar-refractivity contribution in [2.75, 3.05) is 32.2 Å². The molecule has 0 aliphatic heterocycles. The summed E-state index contributed by atoms with van der Waals surface area (Å²) in [6.07, 6.45) is 6.64. The number of rotatable bonds is 8. The molecule has 0 amide bonds. The van der Waals surface area contributed by atoms with Gasteiger partial charge in [-0.1, -0.05) is 23.4 Å². The predicted molar refractivity (Wildman–Crippen MR) is 190 cm³/mol. The summed E-state index contributed by atoms with van der Waals surface area (Å²) in [6.45, 7) is 1.77. The Morgan fingerprint density at radius 1 is 1.16 bits per heavy atom. The van der Waals surface area contributed by atoms with Crippen molar-refractivity contribution in [1.29, 1.82) is 5.26 Å². The lowest BCUT2D eigenvalue weighted by Crippen LogP contribution is -2.42. The molecule has 0 saturated heterocycles. The van der Waals surface area contributed by atoms with E-state index >= 15 is 0 Å². The Kier molecular flexibility index (Phi) is 9.93. The molecule has 1 fully saturated rings. The average Bonchev–Trinajstić information content (AvgIpc) is 3.54. The highest BCUT2D eigenvalue weighted by Crippen LogP contribution is 2.36. The summed E-state index contributed by atoms with van der Waals surface area (Å²) in [5, 5.41) is 22.2. The number of aromatic nitrogens is 4. The van der Waals surface area contributed by atoms with Crippen molar-refractivity contribution in [2.24, 2.45) is 0 Å². The lowest BCUT2D eigenvalue weighted by molar-refractivity contribution is 0.0699. The maximum absolute atomic E-state index is 14.0. The summed E-state index contributed by atoms with van der Waals surface area (Å²) in [4.78, 5) is 43.3. The highest BCUT2D eigenvalue weighted by molar-refractivity contribution is 7.18. The maximum Gasteiger partial charge on any atom is 0.338 e. The van der Waals surface area contributed by atoms with E-state index in [0.29, 0.717) is 56.1 Å². The topological polar surface area (TPSA) is 128 Å². The highest BCUT2D eigenvalue weighted by Gasteiger charge is 2.29. The minimum Gasteiger partial charge on any atom is -0.478 e. The molecule has 0 spiro atoms. The normalized spacial score (nSPS) is 16.0. The van der Waals surface area contributed by atoms with Gasteiger partial charge in [-0.15, -0.1) is 11.3 Å². The molecule has 1 aliphatic rings. The molecule has 4 aromatic heterocycles. The first-order valence-corrected chi connectivity index (χ1v) is 17.1. The third kappa shape index (κ3) is 6.60. The number of carboxylic acids is 1. The number of alkyl halides is 1. The molecule has 1 aliphatic carbocycles. The fraction of sp³-hybridized carbons (Fsp3) is 0.333. The van der Waals surface area contributed by atoms with Crippen LogP contribution in [0.3, 0.4) is 0 Å². The van der Waals surface area contributed by atoms with Crippen LogP contribution in [-0.2, 0) is 6.54 Å². The summed E-state index contributed by atoms with van der Waals surface area (Å²) >= 11 is 7.67. The monoisotopic (exact) mass is 697 g/mol. The van der Waals surface area contributed by atoms with E-state index in [0.717, 1.165) is 31.2 Å². The first-order valence-electron chi connectivity index (χ1n) is 15.8. The van der Waals surface area contributed by atoms with Gasteiger partial charge in [0.25, 0.3) is 5.56 Å². The maximum atomic E-state index is 14.0. The molecule has 1 aromatic carbocycles. The molecule has 13 heteroatoms. The molecule has 0 bridgehead atoms. The van der Waals surface area contributed by atoms with E-state index in [-0.39, 0.29) is 41.3 Å². The number of fused-ring (bicyclic) bond motifs is 2. The van der Waals surface area contributed by atoms with Crippen molar-refractivity contribution in [3.8, 4) is 29.0 Å². The number of halogens is 2. The third-order valence-electron chi connectivity index (χ3n) is 9.31. The molecule has 0 radical (unpaired) electrons. The van der Waals surface area contributed by atoms with Gasteiger partial charge < -0.3 is 14.9 Å². The molecule has 1 saturated carbocycles. The standard InChI is InChI=1S/C36H33ClFN7O3S/c1-21-42-30-19-41-34(44(3)25-10-8-24(9-11-25)43(2)16-13-38)28(18-39)31(30)35(46)45(21)15-4-5-22-6-7-23(37)17-27(22)26-12-14-40-32-29(36(47)48)20-49-33(26)32/h6-7,12,14,17,19-20,24-25H,8-11,13,15-16H2,1-3H3,(H,47,48). The van der Waals surface area contributed by atoms with Crippen LogP contribution in [0.15, 0.2) is 46.8 Å². The Morgan fingerprint density at radius 3 is 2.63 bits per heavy atom. The number of carboxylic acid groups (broad SMARTS) is 1. The molecule has 4 heterocycles. The molecule has 49 heavy (non-hydrogen) atoms. The van der Waals surface area contributed by atoms with Gasteiger partial charge in [-0.25, -0.2) is 19.2 Å². The summed E-state index contributed by atoms with van der Waals surface area (Å²) < 4.78 is 15.0. The van der Waals surface area contributed by atoms with Crippen LogP contribution in [0, 0.1) is 30.1 Å². The van der Waals surface area contributed by atoms with Gasteiger partial charge in [0, 0.05) is 59.0 Å². The molecule has 10 nitrogen and oxygen atoms in total. The van der Waals surface area contributed by atoms with E-state index in [1.165, 1.54) is 15.9 Å². The van der Waals surface area contributed by atoms with Gasteiger partial charge in [0.1, 0.15) is 29.9 Å². The van der Waals surface area contributed by atoms with Crippen LogP contribution in [0.2, 0.25) is 5.02 Å². The minimum absolute atomic E-state index is 0.0123. The second kappa shape index (κ2) is 14.3. The number of pyridine rings is 2. The zero-order chi connectivity index (χ0) is 34.8. The number of hydrogen-bond donors (Lipinski definition) is 1. The van der Waals surface area contributed by atoms with Crippen LogP contribution < -0.4 is 10.5 Å². The van der Waals surface area contributed by atoms with E-state index in [1.807, 2.05) is 19.0 Å². The second-order valence-electron chi connectivity index (χ2n) is 12.1. The molecular formula is C36H33ClFN7O3S. The van der Waals surface area contributed by atoms with Gasteiger partial charge in [0.15, 0.2) is 0 Å². The van der Waals surface area contributed by atoms with Crippen molar-refractivity contribution >= 4 is 55.8 Å². The number of benzene rings is 1. The minimum atomic E-state index is -1.05. The van der Waals surface area contributed by atoms with Crippen LogP contribution in [0.1, 0.15) is 53.0 Å². The molecule has 6 rings (SSSR count). The Balaban J connectivity index is 1.32. The van der Waals surface area contributed by atoms with E-state index < -0.39 is 5.97 Å². The molecule has 0 unspecified atom stereocenters. The first kappa shape index (κ1) is 34.0. The quantitative estimate of drug-likeness (QED) is 0.186. The molecule has 1 N–H and O–H groups in total. The average molecular weight is 698 g/mol. The van der Waals surface area contributed by atoms with Gasteiger partial charge in [-0.2, -0.15) is 5.26 Å². The largest absolute Gasteiger partial charge is 0.478 e. The molecule has 250 valence electrons. The smallest absolute Gasteiger partial charge is 0.338 e. The molecular weight excluding hydrogens is 665 g/mol. The van der Waals surface area contributed by atoms with Crippen molar-refractivity contribution in [2.45, 2.75) is 51.2 Å². The Morgan fingerprint density at radius 2 is 1.92 bits per heavy atom. The van der Waals surface area contributed by atoms with E-state index in [2.05, 4.69) is 37.8 Å². The van der Waals surface area contributed by atoms with Crippen LogP contribution in [0.5, 0.6) is 0 Å². The summed E-state index contributed by atoms with van der Waals surface area (Å²) in [7, 11) is 3.85. The fourth-order valence-corrected chi connectivity index (χ4v) is 7.80. The van der Waals surface area contributed by atoms with Crippen molar-refractivity contribution in [1.82, 2.24) is 24.4 Å². The second-order valence-corrected chi connectivity index (χ2v) is 13.4. The van der Waals surface area contributed by atoms with Crippen molar-refractivity contribution in [3.63, 3.8) is 0 Å².